The number of hydrogen-bond donors (Lipinski definition) is 1. The third-order valence-electron chi connectivity index (χ3n) is 5.00. The SMILES string of the molecule is O=C1c2ccccc2C(=O)c2c1ccc(Cl)c2NC1CCCCC1. The van der Waals surface area contributed by atoms with E-state index < -0.39 is 0 Å². The predicted octanol–water partition coefficient (Wildman–Crippen LogP) is 4.86. The van der Waals surface area contributed by atoms with E-state index in [2.05, 4.69) is 5.32 Å². The number of benzene rings is 2. The topological polar surface area (TPSA) is 46.2 Å². The van der Waals surface area contributed by atoms with Crippen molar-refractivity contribution in [2.24, 2.45) is 0 Å². The lowest BCUT2D eigenvalue weighted by Gasteiger charge is -2.27. The first kappa shape index (κ1) is 15.4. The molecule has 0 unspecified atom stereocenters. The fourth-order valence-corrected chi connectivity index (χ4v) is 3.97. The van der Waals surface area contributed by atoms with Crippen LogP contribution in [0.2, 0.25) is 5.02 Å². The molecule has 2 aromatic carbocycles. The maximum Gasteiger partial charge on any atom is 0.196 e. The van der Waals surface area contributed by atoms with Crippen LogP contribution in [0.25, 0.3) is 0 Å². The van der Waals surface area contributed by atoms with E-state index in [1.807, 2.05) is 0 Å². The second kappa shape index (κ2) is 6.06. The lowest BCUT2D eigenvalue weighted by atomic mass is 9.83. The van der Waals surface area contributed by atoms with Gasteiger partial charge >= 0.3 is 0 Å². The minimum atomic E-state index is -0.124. The highest BCUT2D eigenvalue weighted by Gasteiger charge is 2.33. The van der Waals surface area contributed by atoms with Crippen LogP contribution in [0, 0.1) is 0 Å². The molecule has 0 heterocycles. The van der Waals surface area contributed by atoms with Crippen LogP contribution in [0.5, 0.6) is 0 Å². The van der Waals surface area contributed by atoms with Gasteiger partial charge in [-0.2, -0.15) is 0 Å². The Labute approximate surface area is 146 Å². The van der Waals surface area contributed by atoms with Crippen molar-refractivity contribution < 1.29 is 9.59 Å². The van der Waals surface area contributed by atoms with Crippen LogP contribution < -0.4 is 5.32 Å². The molecule has 3 nitrogen and oxygen atoms in total. The number of nitrogens with one attached hydrogen (secondary N) is 1. The largest absolute Gasteiger partial charge is 0.380 e. The molecule has 1 fully saturated rings. The molecule has 122 valence electrons. The number of carbonyl (C=O) groups is 2. The standard InChI is InChI=1S/C20H18ClNO2/c21-16-11-10-15-17(18(16)22-12-6-2-1-3-7-12)20(24)14-9-5-4-8-13(14)19(15)23/h4-5,8-12,22H,1-3,6-7H2. The van der Waals surface area contributed by atoms with Gasteiger partial charge in [0.1, 0.15) is 0 Å². The van der Waals surface area contributed by atoms with Crippen molar-refractivity contribution in [3.63, 3.8) is 0 Å². The van der Waals surface area contributed by atoms with E-state index in [0.29, 0.717) is 39.0 Å². The molecule has 0 radical (unpaired) electrons. The lowest BCUT2D eigenvalue weighted by Crippen LogP contribution is -2.27. The van der Waals surface area contributed by atoms with Gasteiger partial charge in [0, 0.05) is 22.7 Å². The quantitative estimate of drug-likeness (QED) is 0.725. The highest BCUT2D eigenvalue weighted by Crippen LogP contribution is 2.37. The smallest absolute Gasteiger partial charge is 0.196 e. The van der Waals surface area contributed by atoms with E-state index in [9.17, 15) is 9.59 Å². The molecular formula is C20H18ClNO2. The molecule has 4 rings (SSSR count). The van der Waals surface area contributed by atoms with Crippen molar-refractivity contribution in [3.05, 3.63) is 63.7 Å². The van der Waals surface area contributed by atoms with E-state index in [4.69, 9.17) is 11.6 Å². The number of halogens is 1. The summed E-state index contributed by atoms with van der Waals surface area (Å²) in [4.78, 5) is 25.8. The minimum Gasteiger partial charge on any atom is -0.380 e. The third kappa shape index (κ3) is 2.44. The van der Waals surface area contributed by atoms with Crippen molar-refractivity contribution in [1.29, 1.82) is 0 Å². The Morgan fingerprint density at radius 1 is 0.833 bits per heavy atom. The molecule has 4 heteroatoms. The summed E-state index contributed by atoms with van der Waals surface area (Å²) in [5, 5.41) is 3.95. The van der Waals surface area contributed by atoms with E-state index in [0.717, 1.165) is 12.8 Å². The van der Waals surface area contributed by atoms with E-state index in [1.54, 1.807) is 36.4 Å². The summed E-state index contributed by atoms with van der Waals surface area (Å²) in [5.41, 5.74) is 2.43. The molecule has 0 saturated heterocycles. The maximum atomic E-state index is 13.0. The molecule has 0 bridgehead atoms. The van der Waals surface area contributed by atoms with Gasteiger partial charge in [-0.15, -0.1) is 0 Å². The fourth-order valence-electron chi connectivity index (χ4n) is 3.75. The van der Waals surface area contributed by atoms with Crippen molar-refractivity contribution in [2.45, 2.75) is 38.1 Å². The van der Waals surface area contributed by atoms with Gasteiger partial charge in [-0.05, 0) is 25.0 Å². The zero-order chi connectivity index (χ0) is 16.7. The molecule has 0 spiro atoms. The summed E-state index contributed by atoms with van der Waals surface area (Å²) < 4.78 is 0. The van der Waals surface area contributed by atoms with Crippen LogP contribution >= 0.6 is 11.6 Å². The molecule has 1 N–H and O–H groups in total. The van der Waals surface area contributed by atoms with Gasteiger partial charge < -0.3 is 5.32 Å². The summed E-state index contributed by atoms with van der Waals surface area (Å²) in [6, 6.07) is 10.7. The van der Waals surface area contributed by atoms with Gasteiger partial charge in [-0.1, -0.05) is 55.1 Å². The predicted molar refractivity (Wildman–Crippen MR) is 95.3 cm³/mol. The van der Waals surface area contributed by atoms with E-state index in [1.165, 1.54) is 19.3 Å². The molecule has 0 atom stereocenters. The Balaban J connectivity index is 1.82. The number of hydrogen-bond acceptors (Lipinski definition) is 3. The molecule has 24 heavy (non-hydrogen) atoms. The molecule has 2 aliphatic carbocycles. The summed E-state index contributed by atoms with van der Waals surface area (Å²) in [6.45, 7) is 0. The van der Waals surface area contributed by atoms with Gasteiger partial charge in [-0.25, -0.2) is 0 Å². The first-order valence-electron chi connectivity index (χ1n) is 8.44. The normalized spacial score (nSPS) is 17.4. The first-order chi connectivity index (χ1) is 11.7. The van der Waals surface area contributed by atoms with Crippen LogP contribution in [-0.2, 0) is 0 Å². The number of carbonyl (C=O) groups excluding carboxylic acids is 2. The zero-order valence-corrected chi connectivity index (χ0v) is 14.0. The summed E-state index contributed by atoms with van der Waals surface area (Å²) >= 11 is 6.39. The second-order valence-corrected chi connectivity index (χ2v) is 6.94. The van der Waals surface area contributed by atoms with Gasteiger partial charge in [-0.3, -0.25) is 9.59 Å². The number of rotatable bonds is 2. The highest BCUT2D eigenvalue weighted by atomic mass is 35.5. The summed E-state index contributed by atoms with van der Waals surface area (Å²) in [7, 11) is 0. The fraction of sp³-hybridized carbons (Fsp3) is 0.300. The maximum absolute atomic E-state index is 13.0. The Kier molecular flexibility index (Phi) is 3.89. The van der Waals surface area contributed by atoms with Crippen LogP contribution in [0.15, 0.2) is 36.4 Å². The van der Waals surface area contributed by atoms with Crippen molar-refractivity contribution in [1.82, 2.24) is 0 Å². The van der Waals surface area contributed by atoms with Gasteiger partial charge in [0.2, 0.25) is 0 Å². The Hall–Kier alpha value is -2.13. The van der Waals surface area contributed by atoms with E-state index in [-0.39, 0.29) is 11.6 Å². The summed E-state index contributed by atoms with van der Waals surface area (Å²) in [6.07, 6.45) is 5.75. The minimum absolute atomic E-state index is 0.108. The zero-order valence-electron chi connectivity index (χ0n) is 13.3. The Bertz CT molecular complexity index is 838. The van der Waals surface area contributed by atoms with Crippen LogP contribution in [0.1, 0.15) is 63.9 Å². The molecule has 2 aliphatic rings. The van der Waals surface area contributed by atoms with Gasteiger partial charge in [0.25, 0.3) is 0 Å². The molecule has 1 saturated carbocycles. The molecule has 2 aromatic rings. The molecular weight excluding hydrogens is 322 g/mol. The number of ketones is 2. The van der Waals surface area contributed by atoms with Gasteiger partial charge in [0.05, 0.1) is 16.3 Å². The number of fused-ring (bicyclic) bond motifs is 2. The Morgan fingerprint density at radius 2 is 1.50 bits per heavy atom. The van der Waals surface area contributed by atoms with Crippen LogP contribution in [-0.4, -0.2) is 17.6 Å². The summed E-state index contributed by atoms with van der Waals surface area (Å²) in [5.74, 6) is -0.232. The molecule has 0 aliphatic heterocycles. The average molecular weight is 340 g/mol. The first-order valence-corrected chi connectivity index (χ1v) is 8.82. The second-order valence-electron chi connectivity index (χ2n) is 6.53. The lowest BCUT2D eigenvalue weighted by molar-refractivity contribution is 0.0979. The Morgan fingerprint density at radius 3 is 2.21 bits per heavy atom. The van der Waals surface area contributed by atoms with Crippen LogP contribution in [0.3, 0.4) is 0 Å². The molecule has 0 aromatic heterocycles. The van der Waals surface area contributed by atoms with Crippen molar-refractivity contribution in [3.8, 4) is 0 Å². The van der Waals surface area contributed by atoms with Gasteiger partial charge in [0.15, 0.2) is 11.6 Å². The van der Waals surface area contributed by atoms with Crippen LogP contribution in [0.4, 0.5) is 5.69 Å². The highest BCUT2D eigenvalue weighted by molar-refractivity contribution is 6.37. The number of anilines is 1. The van der Waals surface area contributed by atoms with E-state index >= 15 is 0 Å². The van der Waals surface area contributed by atoms with Crippen molar-refractivity contribution >= 4 is 28.9 Å². The van der Waals surface area contributed by atoms with Crippen molar-refractivity contribution in [2.75, 3.05) is 5.32 Å². The average Bonchev–Trinajstić information content (AvgIpc) is 2.62. The monoisotopic (exact) mass is 339 g/mol. The molecule has 0 amide bonds. The third-order valence-corrected chi connectivity index (χ3v) is 5.31.